The highest BCUT2D eigenvalue weighted by molar-refractivity contribution is 5.86. The lowest BCUT2D eigenvalue weighted by Gasteiger charge is -2.28. The van der Waals surface area contributed by atoms with E-state index in [1.165, 1.54) is 6.07 Å². The van der Waals surface area contributed by atoms with Crippen LogP contribution in [0.5, 0.6) is 0 Å². The third kappa shape index (κ3) is 5.54. The highest BCUT2D eigenvalue weighted by atomic mass is 19.1. The number of hydrogen-bond acceptors (Lipinski definition) is 2. The largest absolute Gasteiger partial charge is 0.392 e. The van der Waals surface area contributed by atoms with Crippen LogP contribution in [0.3, 0.4) is 0 Å². The molecule has 0 amide bonds. The van der Waals surface area contributed by atoms with Crippen LogP contribution in [-0.4, -0.2) is 17.0 Å². The molecule has 0 bridgehead atoms. The van der Waals surface area contributed by atoms with Crippen molar-refractivity contribution in [2.45, 2.75) is 83.2 Å². The quantitative estimate of drug-likeness (QED) is 0.608. The van der Waals surface area contributed by atoms with E-state index in [0.717, 1.165) is 56.1 Å². The van der Waals surface area contributed by atoms with Crippen molar-refractivity contribution in [3.05, 3.63) is 70.3 Å². The molecule has 0 aromatic heterocycles. The van der Waals surface area contributed by atoms with Crippen molar-refractivity contribution in [2.24, 2.45) is 0 Å². The zero-order valence-electron chi connectivity index (χ0n) is 18.0. The monoisotopic (exact) mass is 414 g/mol. The molecule has 3 atom stereocenters. The Balaban J connectivity index is 0.000000171. The maximum atomic E-state index is 13.4. The summed E-state index contributed by atoms with van der Waals surface area (Å²) in [5, 5.41) is 9.86. The SMILES string of the molecule is Cc1ccc(C2CCCCC2=O)cc1F.Cc1ccc(C2CCCCC2O)cc1F. The van der Waals surface area contributed by atoms with Gasteiger partial charge >= 0.3 is 0 Å². The number of halogens is 2. The predicted molar refractivity (Wildman–Crippen MR) is 116 cm³/mol. The lowest BCUT2D eigenvalue weighted by molar-refractivity contribution is -0.121. The second kappa shape index (κ2) is 10.3. The fourth-order valence-electron chi connectivity index (χ4n) is 4.50. The van der Waals surface area contributed by atoms with Crippen LogP contribution in [0.4, 0.5) is 8.78 Å². The highest BCUT2D eigenvalue weighted by Gasteiger charge is 2.25. The van der Waals surface area contributed by atoms with Crippen molar-refractivity contribution < 1.29 is 18.7 Å². The summed E-state index contributed by atoms with van der Waals surface area (Å²) in [5.41, 5.74) is 3.11. The number of aliphatic hydroxyl groups excluding tert-OH is 1. The van der Waals surface area contributed by atoms with E-state index < -0.39 is 0 Å². The van der Waals surface area contributed by atoms with Gasteiger partial charge in [-0.2, -0.15) is 0 Å². The van der Waals surface area contributed by atoms with E-state index in [1.54, 1.807) is 32.0 Å². The first-order valence-electron chi connectivity index (χ1n) is 11.1. The molecular weight excluding hydrogens is 382 g/mol. The summed E-state index contributed by atoms with van der Waals surface area (Å²) in [6.07, 6.45) is 7.35. The van der Waals surface area contributed by atoms with Crippen LogP contribution in [0.1, 0.15) is 85.5 Å². The van der Waals surface area contributed by atoms with E-state index in [1.807, 2.05) is 12.1 Å². The van der Waals surface area contributed by atoms with Gasteiger partial charge in [0.2, 0.25) is 0 Å². The lowest BCUT2D eigenvalue weighted by atomic mass is 9.81. The van der Waals surface area contributed by atoms with Gasteiger partial charge in [-0.1, -0.05) is 43.5 Å². The summed E-state index contributed by atoms with van der Waals surface area (Å²) in [7, 11) is 0. The van der Waals surface area contributed by atoms with Gasteiger partial charge in [-0.3, -0.25) is 4.79 Å². The van der Waals surface area contributed by atoms with E-state index in [0.29, 0.717) is 17.5 Å². The van der Waals surface area contributed by atoms with E-state index in [9.17, 15) is 18.7 Å². The number of hydrogen-bond donors (Lipinski definition) is 1. The molecule has 0 heterocycles. The fraction of sp³-hybridized carbons (Fsp3) is 0.500. The number of benzene rings is 2. The van der Waals surface area contributed by atoms with Crippen LogP contribution in [0, 0.1) is 25.5 Å². The zero-order valence-corrected chi connectivity index (χ0v) is 18.0. The molecule has 2 aromatic carbocycles. The average molecular weight is 415 g/mol. The number of aryl methyl sites for hydroxylation is 2. The average Bonchev–Trinajstić information content (AvgIpc) is 2.73. The molecule has 3 unspecified atom stereocenters. The molecule has 2 aliphatic carbocycles. The summed E-state index contributed by atoms with van der Waals surface area (Å²) in [6, 6.07) is 10.5. The third-order valence-electron chi connectivity index (χ3n) is 6.51. The maximum absolute atomic E-state index is 13.4. The van der Waals surface area contributed by atoms with Crippen LogP contribution >= 0.6 is 0 Å². The van der Waals surface area contributed by atoms with Crippen LogP contribution < -0.4 is 0 Å². The van der Waals surface area contributed by atoms with Crippen LogP contribution in [-0.2, 0) is 4.79 Å². The first kappa shape index (κ1) is 22.6. The highest BCUT2D eigenvalue weighted by Crippen LogP contribution is 2.33. The molecule has 0 spiro atoms. The molecule has 30 heavy (non-hydrogen) atoms. The molecule has 2 fully saturated rings. The Labute approximate surface area is 178 Å². The summed E-state index contributed by atoms with van der Waals surface area (Å²) >= 11 is 0. The second-order valence-corrected chi connectivity index (χ2v) is 8.74. The standard InChI is InChI=1S/C13H17FO.C13H15FO/c2*1-9-6-7-10(8-12(9)14)11-4-2-3-5-13(11)15/h6-8,11,13,15H,2-5H2,1H3;6-8,11H,2-5H2,1H3. The normalized spacial score (nSPS) is 24.2. The maximum Gasteiger partial charge on any atom is 0.140 e. The van der Waals surface area contributed by atoms with Gasteiger partial charge in [0.1, 0.15) is 17.4 Å². The fourth-order valence-corrected chi connectivity index (χ4v) is 4.50. The van der Waals surface area contributed by atoms with Gasteiger partial charge in [-0.05, 0) is 73.9 Å². The molecule has 0 radical (unpaired) electrons. The number of ketones is 1. The summed E-state index contributed by atoms with van der Waals surface area (Å²) in [6.45, 7) is 3.50. The number of carbonyl (C=O) groups excluding carboxylic acids is 1. The molecule has 2 aliphatic rings. The summed E-state index contributed by atoms with van der Waals surface area (Å²) < 4.78 is 26.7. The van der Waals surface area contributed by atoms with Crippen molar-refractivity contribution in [1.82, 2.24) is 0 Å². The van der Waals surface area contributed by atoms with Crippen LogP contribution in [0.25, 0.3) is 0 Å². The number of carbonyl (C=O) groups is 1. The molecule has 2 saturated carbocycles. The van der Waals surface area contributed by atoms with Crippen molar-refractivity contribution in [2.75, 3.05) is 0 Å². The molecule has 2 aromatic rings. The predicted octanol–water partition coefficient (Wildman–Crippen LogP) is 6.51. The molecule has 2 nitrogen and oxygen atoms in total. The van der Waals surface area contributed by atoms with Gasteiger partial charge in [-0.25, -0.2) is 8.78 Å². The van der Waals surface area contributed by atoms with Crippen LogP contribution in [0.2, 0.25) is 0 Å². The minimum absolute atomic E-state index is 0.0613. The Morgan fingerprint density at radius 2 is 1.37 bits per heavy atom. The van der Waals surface area contributed by atoms with E-state index in [2.05, 4.69) is 0 Å². The van der Waals surface area contributed by atoms with Crippen molar-refractivity contribution in [3.63, 3.8) is 0 Å². The van der Waals surface area contributed by atoms with E-state index >= 15 is 0 Å². The van der Waals surface area contributed by atoms with Crippen molar-refractivity contribution in [1.29, 1.82) is 0 Å². The van der Waals surface area contributed by atoms with E-state index in [-0.39, 0.29) is 35.4 Å². The Kier molecular flexibility index (Phi) is 7.76. The lowest BCUT2D eigenvalue weighted by Crippen LogP contribution is -2.22. The topological polar surface area (TPSA) is 37.3 Å². The van der Waals surface area contributed by atoms with Gasteiger partial charge in [0.15, 0.2) is 0 Å². The number of Topliss-reactive ketones (excluding diaryl/α,β-unsaturated/α-hetero) is 1. The molecule has 4 heteroatoms. The number of rotatable bonds is 2. The third-order valence-corrected chi connectivity index (χ3v) is 6.51. The first-order chi connectivity index (χ1) is 14.4. The van der Waals surface area contributed by atoms with Crippen molar-refractivity contribution in [3.8, 4) is 0 Å². The smallest absolute Gasteiger partial charge is 0.140 e. The summed E-state index contributed by atoms with van der Waals surface area (Å²) in [5.74, 6) is -0.0247. The van der Waals surface area contributed by atoms with Gasteiger partial charge in [0, 0.05) is 18.3 Å². The first-order valence-corrected chi connectivity index (χ1v) is 11.1. The Morgan fingerprint density at radius 3 is 1.97 bits per heavy atom. The Hall–Kier alpha value is -2.07. The Bertz CT molecular complexity index is 877. The molecule has 1 N–H and O–H groups in total. The van der Waals surface area contributed by atoms with E-state index in [4.69, 9.17) is 0 Å². The molecule has 0 aliphatic heterocycles. The molecule has 4 rings (SSSR count). The van der Waals surface area contributed by atoms with Gasteiger partial charge in [0.25, 0.3) is 0 Å². The molecule has 162 valence electrons. The minimum Gasteiger partial charge on any atom is -0.392 e. The summed E-state index contributed by atoms with van der Waals surface area (Å²) in [4.78, 5) is 11.7. The van der Waals surface area contributed by atoms with Gasteiger partial charge < -0.3 is 5.11 Å². The molecule has 0 saturated heterocycles. The molecular formula is C26H32F2O2. The van der Waals surface area contributed by atoms with Gasteiger partial charge in [-0.15, -0.1) is 0 Å². The van der Waals surface area contributed by atoms with Crippen molar-refractivity contribution >= 4 is 5.78 Å². The second-order valence-electron chi connectivity index (χ2n) is 8.74. The Morgan fingerprint density at radius 1 is 0.800 bits per heavy atom. The number of aliphatic hydroxyl groups is 1. The minimum atomic E-state index is -0.291. The zero-order chi connectivity index (χ0) is 21.7. The van der Waals surface area contributed by atoms with Gasteiger partial charge in [0.05, 0.1) is 6.10 Å². The van der Waals surface area contributed by atoms with Crippen LogP contribution in [0.15, 0.2) is 36.4 Å².